The first-order valence-electron chi connectivity index (χ1n) is 7.02. The molecule has 1 rings (SSSR count). The van der Waals surface area contributed by atoms with E-state index in [0.717, 1.165) is 5.56 Å². The van der Waals surface area contributed by atoms with Crippen molar-refractivity contribution in [3.05, 3.63) is 23.9 Å². The first-order chi connectivity index (χ1) is 9.42. The lowest BCUT2D eigenvalue weighted by atomic mass is 9.86. The van der Waals surface area contributed by atoms with Crippen LogP contribution in [-0.4, -0.2) is 23.5 Å². The third kappa shape index (κ3) is 4.20. The summed E-state index contributed by atoms with van der Waals surface area (Å²) >= 11 is 0. The Kier molecular flexibility index (Phi) is 5.95. The molecule has 5 nitrogen and oxygen atoms in total. The van der Waals surface area contributed by atoms with E-state index in [1.54, 1.807) is 6.20 Å². The molecule has 0 aromatic carbocycles. The Balaban J connectivity index is 2.73. The molecule has 112 valence electrons. The molecule has 20 heavy (non-hydrogen) atoms. The smallest absolute Gasteiger partial charge is 0.227 e. The van der Waals surface area contributed by atoms with Gasteiger partial charge in [0.15, 0.2) is 0 Å². The van der Waals surface area contributed by atoms with Crippen molar-refractivity contribution in [2.75, 3.05) is 6.54 Å². The number of carbonyl (C=O) groups excluding carboxylic acids is 1. The summed E-state index contributed by atoms with van der Waals surface area (Å²) in [5.41, 5.74) is 6.02. The molecule has 1 aromatic rings. The standard InChI is InChI=1S/C15H25N3O2/c1-5-15(4,10-16)14(19)18-9-12-7-6-8-17-13(12)20-11(2)3/h6-8,11H,5,9-10,16H2,1-4H3,(H,18,19). The molecule has 0 spiro atoms. The Labute approximate surface area is 120 Å². The van der Waals surface area contributed by atoms with Crippen LogP contribution in [-0.2, 0) is 11.3 Å². The van der Waals surface area contributed by atoms with E-state index < -0.39 is 5.41 Å². The number of rotatable bonds is 7. The van der Waals surface area contributed by atoms with E-state index in [1.165, 1.54) is 0 Å². The Morgan fingerprint density at radius 2 is 2.25 bits per heavy atom. The van der Waals surface area contributed by atoms with Crippen LogP contribution >= 0.6 is 0 Å². The van der Waals surface area contributed by atoms with Gasteiger partial charge in [0.2, 0.25) is 11.8 Å². The fourth-order valence-corrected chi connectivity index (χ4v) is 1.67. The molecule has 0 saturated carbocycles. The predicted octanol–water partition coefficient (Wildman–Crippen LogP) is 1.86. The van der Waals surface area contributed by atoms with Gasteiger partial charge in [0, 0.05) is 24.8 Å². The molecule has 0 bridgehead atoms. The van der Waals surface area contributed by atoms with Crippen LogP contribution in [0.3, 0.4) is 0 Å². The first kappa shape index (κ1) is 16.4. The van der Waals surface area contributed by atoms with Crippen molar-refractivity contribution < 1.29 is 9.53 Å². The molecule has 0 radical (unpaired) electrons. The minimum Gasteiger partial charge on any atom is -0.475 e. The minimum atomic E-state index is -0.527. The van der Waals surface area contributed by atoms with E-state index in [4.69, 9.17) is 10.5 Å². The van der Waals surface area contributed by atoms with E-state index in [1.807, 2.05) is 39.8 Å². The second-order valence-electron chi connectivity index (χ2n) is 5.44. The summed E-state index contributed by atoms with van der Waals surface area (Å²) in [5.74, 6) is 0.524. The van der Waals surface area contributed by atoms with Crippen molar-refractivity contribution in [3.8, 4) is 5.88 Å². The van der Waals surface area contributed by atoms with Crippen LogP contribution in [0.25, 0.3) is 0 Å². The number of pyridine rings is 1. The van der Waals surface area contributed by atoms with Gasteiger partial charge < -0.3 is 15.8 Å². The monoisotopic (exact) mass is 279 g/mol. The molecule has 1 aromatic heterocycles. The van der Waals surface area contributed by atoms with Gasteiger partial charge in [0.05, 0.1) is 11.5 Å². The number of carbonyl (C=O) groups is 1. The second kappa shape index (κ2) is 7.24. The normalized spacial score (nSPS) is 13.9. The van der Waals surface area contributed by atoms with Crippen LogP contribution in [0.15, 0.2) is 18.3 Å². The van der Waals surface area contributed by atoms with Crippen molar-refractivity contribution in [2.45, 2.75) is 46.8 Å². The summed E-state index contributed by atoms with van der Waals surface area (Å²) in [4.78, 5) is 16.4. The van der Waals surface area contributed by atoms with Crippen molar-refractivity contribution in [1.29, 1.82) is 0 Å². The van der Waals surface area contributed by atoms with Gasteiger partial charge >= 0.3 is 0 Å². The van der Waals surface area contributed by atoms with Gasteiger partial charge in [-0.2, -0.15) is 0 Å². The Hall–Kier alpha value is -1.62. The van der Waals surface area contributed by atoms with Crippen LogP contribution in [0.5, 0.6) is 5.88 Å². The van der Waals surface area contributed by atoms with E-state index in [2.05, 4.69) is 10.3 Å². The summed E-state index contributed by atoms with van der Waals surface area (Å²) in [7, 11) is 0. The highest BCUT2D eigenvalue weighted by atomic mass is 16.5. The van der Waals surface area contributed by atoms with Crippen LogP contribution in [0.1, 0.15) is 39.7 Å². The van der Waals surface area contributed by atoms with Crippen LogP contribution in [0.4, 0.5) is 0 Å². The average Bonchev–Trinajstić information content (AvgIpc) is 2.44. The Bertz CT molecular complexity index is 442. The highest BCUT2D eigenvalue weighted by Crippen LogP contribution is 2.20. The summed E-state index contributed by atoms with van der Waals surface area (Å²) in [6.45, 7) is 8.45. The number of nitrogens with one attached hydrogen (secondary N) is 1. The number of amides is 1. The van der Waals surface area contributed by atoms with Crippen LogP contribution < -0.4 is 15.8 Å². The van der Waals surface area contributed by atoms with Crippen LogP contribution in [0.2, 0.25) is 0 Å². The predicted molar refractivity (Wildman–Crippen MR) is 79.3 cm³/mol. The third-order valence-corrected chi connectivity index (χ3v) is 3.42. The summed E-state index contributed by atoms with van der Waals surface area (Å²) in [6, 6.07) is 3.73. The van der Waals surface area contributed by atoms with E-state index in [-0.39, 0.29) is 12.0 Å². The Morgan fingerprint density at radius 1 is 1.55 bits per heavy atom. The zero-order valence-electron chi connectivity index (χ0n) is 12.8. The summed E-state index contributed by atoms with van der Waals surface area (Å²) < 4.78 is 5.63. The molecule has 0 aliphatic carbocycles. The van der Waals surface area contributed by atoms with E-state index in [0.29, 0.717) is 25.4 Å². The second-order valence-corrected chi connectivity index (χ2v) is 5.44. The maximum atomic E-state index is 12.2. The number of ether oxygens (including phenoxy) is 1. The van der Waals surface area contributed by atoms with Crippen molar-refractivity contribution in [1.82, 2.24) is 10.3 Å². The lowest BCUT2D eigenvalue weighted by molar-refractivity contribution is -0.130. The molecule has 0 fully saturated rings. The maximum absolute atomic E-state index is 12.2. The lowest BCUT2D eigenvalue weighted by Crippen LogP contribution is -2.43. The van der Waals surface area contributed by atoms with E-state index in [9.17, 15) is 4.79 Å². The van der Waals surface area contributed by atoms with Gasteiger partial charge in [0.25, 0.3) is 0 Å². The zero-order chi connectivity index (χ0) is 15.2. The molecular weight excluding hydrogens is 254 g/mol. The van der Waals surface area contributed by atoms with Crippen molar-refractivity contribution in [2.24, 2.45) is 11.1 Å². The molecule has 1 unspecified atom stereocenters. The molecule has 3 N–H and O–H groups in total. The number of nitrogens with zero attached hydrogens (tertiary/aromatic N) is 1. The van der Waals surface area contributed by atoms with Gasteiger partial charge in [-0.1, -0.05) is 13.0 Å². The van der Waals surface area contributed by atoms with E-state index >= 15 is 0 Å². The largest absolute Gasteiger partial charge is 0.475 e. The molecule has 1 heterocycles. The topological polar surface area (TPSA) is 77.2 Å². The fraction of sp³-hybridized carbons (Fsp3) is 0.600. The maximum Gasteiger partial charge on any atom is 0.227 e. The lowest BCUT2D eigenvalue weighted by Gasteiger charge is -2.25. The molecule has 1 amide bonds. The zero-order valence-corrected chi connectivity index (χ0v) is 12.8. The van der Waals surface area contributed by atoms with Crippen LogP contribution in [0, 0.1) is 5.41 Å². The Morgan fingerprint density at radius 3 is 2.80 bits per heavy atom. The van der Waals surface area contributed by atoms with Crippen molar-refractivity contribution >= 4 is 5.91 Å². The van der Waals surface area contributed by atoms with Gasteiger partial charge in [-0.25, -0.2) is 4.98 Å². The van der Waals surface area contributed by atoms with Gasteiger partial charge in [0.1, 0.15) is 0 Å². The van der Waals surface area contributed by atoms with Gasteiger partial charge in [-0.3, -0.25) is 4.79 Å². The first-order valence-corrected chi connectivity index (χ1v) is 7.02. The fourth-order valence-electron chi connectivity index (χ4n) is 1.67. The molecule has 0 aliphatic rings. The summed E-state index contributed by atoms with van der Waals surface area (Å²) in [5, 5.41) is 2.92. The number of hydrogen-bond acceptors (Lipinski definition) is 4. The molecule has 1 atom stereocenters. The number of hydrogen-bond donors (Lipinski definition) is 2. The molecule has 0 aliphatic heterocycles. The number of aromatic nitrogens is 1. The number of nitrogens with two attached hydrogens (primary N) is 1. The molecule has 0 saturated heterocycles. The molecular formula is C15H25N3O2. The highest BCUT2D eigenvalue weighted by molar-refractivity contribution is 5.82. The quantitative estimate of drug-likeness (QED) is 0.798. The summed E-state index contributed by atoms with van der Waals surface area (Å²) in [6.07, 6.45) is 2.43. The highest BCUT2D eigenvalue weighted by Gasteiger charge is 2.29. The minimum absolute atomic E-state index is 0.0400. The molecule has 5 heteroatoms. The average molecular weight is 279 g/mol. The SMILES string of the molecule is CCC(C)(CN)C(=O)NCc1cccnc1OC(C)C. The van der Waals surface area contributed by atoms with Gasteiger partial charge in [-0.05, 0) is 33.3 Å². The van der Waals surface area contributed by atoms with Gasteiger partial charge in [-0.15, -0.1) is 0 Å². The third-order valence-electron chi connectivity index (χ3n) is 3.42. The van der Waals surface area contributed by atoms with Crippen molar-refractivity contribution in [3.63, 3.8) is 0 Å².